The van der Waals surface area contributed by atoms with Crippen LogP contribution in [0.15, 0.2) is 60.9 Å². The minimum Gasteiger partial charge on any atom is -0.493 e. The summed E-state index contributed by atoms with van der Waals surface area (Å²) >= 11 is 0. The Balaban J connectivity index is 1.70. The predicted molar refractivity (Wildman–Crippen MR) is 142 cm³/mol. The van der Waals surface area contributed by atoms with Crippen LogP contribution in [0.2, 0.25) is 0 Å². The van der Waals surface area contributed by atoms with Crippen molar-refractivity contribution in [1.82, 2.24) is 4.98 Å². The molecule has 1 saturated carbocycles. The predicted octanol–water partition coefficient (Wildman–Crippen LogP) is 6.88. The molecule has 0 radical (unpaired) electrons. The van der Waals surface area contributed by atoms with Crippen molar-refractivity contribution in [2.24, 2.45) is 0 Å². The number of aryl methyl sites for hydroxylation is 1. The Bertz CT molecular complexity index is 1180. The Labute approximate surface area is 214 Å². The number of ether oxygens (including phenoxy) is 3. The van der Waals surface area contributed by atoms with Crippen molar-refractivity contribution in [2.75, 3.05) is 12.4 Å². The first kappa shape index (κ1) is 25.5. The molecule has 0 amide bonds. The van der Waals surface area contributed by atoms with Gasteiger partial charge in [-0.1, -0.05) is 12.1 Å². The first-order chi connectivity index (χ1) is 17.2. The van der Waals surface area contributed by atoms with Crippen LogP contribution in [0, 0.1) is 6.92 Å². The second kappa shape index (κ2) is 11.0. The molecule has 1 heterocycles. The summed E-state index contributed by atoms with van der Waals surface area (Å²) in [6.45, 7) is 7.66. The first-order valence-corrected chi connectivity index (χ1v) is 12.6. The Morgan fingerprint density at radius 2 is 1.83 bits per heavy atom. The number of anilines is 1. The monoisotopic (exact) mass is 488 g/mol. The molecule has 1 aliphatic rings. The van der Waals surface area contributed by atoms with Gasteiger partial charge in [-0.3, -0.25) is 4.98 Å². The molecule has 36 heavy (non-hydrogen) atoms. The van der Waals surface area contributed by atoms with E-state index in [4.69, 9.17) is 14.2 Å². The number of esters is 1. The lowest BCUT2D eigenvalue weighted by molar-refractivity contribution is 0.00695. The van der Waals surface area contributed by atoms with Crippen LogP contribution in [0.4, 0.5) is 5.69 Å². The zero-order chi connectivity index (χ0) is 25.7. The highest BCUT2D eigenvalue weighted by atomic mass is 16.6. The minimum atomic E-state index is -0.561. The van der Waals surface area contributed by atoms with Crippen molar-refractivity contribution >= 4 is 11.7 Å². The van der Waals surface area contributed by atoms with Crippen molar-refractivity contribution in [1.29, 1.82) is 0 Å². The number of benzene rings is 2. The molecular formula is C30H36N2O4. The lowest BCUT2D eigenvalue weighted by atomic mass is 9.94. The van der Waals surface area contributed by atoms with Gasteiger partial charge in [0, 0.05) is 18.1 Å². The largest absolute Gasteiger partial charge is 0.493 e. The maximum Gasteiger partial charge on any atom is 0.338 e. The molecule has 1 N–H and O–H groups in total. The van der Waals surface area contributed by atoms with Gasteiger partial charge in [0.05, 0.1) is 24.8 Å². The summed E-state index contributed by atoms with van der Waals surface area (Å²) in [4.78, 5) is 17.0. The third-order valence-corrected chi connectivity index (χ3v) is 6.29. The van der Waals surface area contributed by atoms with E-state index in [0.29, 0.717) is 5.56 Å². The van der Waals surface area contributed by atoms with Gasteiger partial charge in [0.25, 0.3) is 0 Å². The molecule has 1 unspecified atom stereocenters. The lowest BCUT2D eigenvalue weighted by Crippen LogP contribution is -2.24. The van der Waals surface area contributed by atoms with Crippen molar-refractivity contribution in [3.63, 3.8) is 0 Å². The van der Waals surface area contributed by atoms with Crippen LogP contribution >= 0.6 is 0 Å². The number of carbonyl (C=O) groups excluding carboxylic acids is 1. The maximum absolute atomic E-state index is 12.7. The maximum atomic E-state index is 12.7. The summed E-state index contributed by atoms with van der Waals surface area (Å²) < 4.78 is 17.6. The highest BCUT2D eigenvalue weighted by molar-refractivity contribution is 5.90. The molecule has 6 nitrogen and oxygen atoms in total. The number of aromatic nitrogens is 1. The Hall–Kier alpha value is -3.54. The number of carbonyl (C=O) groups is 1. The van der Waals surface area contributed by atoms with E-state index < -0.39 is 5.60 Å². The van der Waals surface area contributed by atoms with E-state index in [-0.39, 0.29) is 18.1 Å². The fourth-order valence-corrected chi connectivity index (χ4v) is 4.55. The molecule has 1 atom stereocenters. The van der Waals surface area contributed by atoms with E-state index in [1.54, 1.807) is 19.4 Å². The molecule has 4 rings (SSSR count). The SMILES string of the molecule is COc1cc(C)c(C(Nc2cccc(C(=O)OC(C)(C)C)c2)c2cccnc2)cc1OC1CCCC1. The van der Waals surface area contributed by atoms with Gasteiger partial charge in [0.2, 0.25) is 0 Å². The number of rotatable bonds is 8. The van der Waals surface area contributed by atoms with Gasteiger partial charge in [-0.15, -0.1) is 0 Å². The normalized spacial score (nSPS) is 14.8. The number of hydrogen-bond acceptors (Lipinski definition) is 6. The fraction of sp³-hybridized carbons (Fsp3) is 0.400. The summed E-state index contributed by atoms with van der Waals surface area (Å²) in [6, 6.07) is 15.3. The summed E-state index contributed by atoms with van der Waals surface area (Å²) in [5.74, 6) is 1.14. The molecule has 1 fully saturated rings. The number of methoxy groups -OCH3 is 1. The van der Waals surface area contributed by atoms with Crippen LogP contribution in [-0.2, 0) is 4.74 Å². The molecular weight excluding hydrogens is 452 g/mol. The van der Waals surface area contributed by atoms with Crippen LogP contribution in [0.1, 0.15) is 79.5 Å². The molecule has 1 aliphatic carbocycles. The number of pyridine rings is 1. The standard InChI is InChI=1S/C30H36N2O4/c1-20-16-26(34-5)27(35-24-13-6-7-14-24)18-25(20)28(22-11-9-15-31-19-22)32-23-12-8-10-21(17-23)29(33)36-30(2,3)4/h8-12,15-19,24,28,32H,6-7,13-14H2,1-5H3. The smallest absolute Gasteiger partial charge is 0.338 e. The van der Waals surface area contributed by atoms with E-state index in [2.05, 4.69) is 23.3 Å². The number of hydrogen-bond donors (Lipinski definition) is 1. The van der Waals surface area contributed by atoms with Gasteiger partial charge in [0.15, 0.2) is 11.5 Å². The van der Waals surface area contributed by atoms with Crippen LogP contribution < -0.4 is 14.8 Å². The molecule has 0 saturated heterocycles. The number of nitrogens with one attached hydrogen (secondary N) is 1. The second-order valence-electron chi connectivity index (χ2n) is 10.3. The molecule has 1 aromatic heterocycles. The Morgan fingerprint density at radius 1 is 1.06 bits per heavy atom. The van der Waals surface area contributed by atoms with Crippen LogP contribution in [-0.4, -0.2) is 29.8 Å². The van der Waals surface area contributed by atoms with E-state index in [1.807, 2.05) is 63.4 Å². The fourth-order valence-electron chi connectivity index (χ4n) is 4.55. The van der Waals surface area contributed by atoms with Crippen LogP contribution in [0.3, 0.4) is 0 Å². The van der Waals surface area contributed by atoms with E-state index in [0.717, 1.165) is 46.7 Å². The van der Waals surface area contributed by atoms with E-state index >= 15 is 0 Å². The Kier molecular flexibility index (Phi) is 7.82. The third kappa shape index (κ3) is 6.36. The highest BCUT2D eigenvalue weighted by Crippen LogP contribution is 2.38. The van der Waals surface area contributed by atoms with Crippen molar-refractivity contribution in [3.8, 4) is 11.5 Å². The topological polar surface area (TPSA) is 69.7 Å². The van der Waals surface area contributed by atoms with Gasteiger partial charge in [0.1, 0.15) is 5.60 Å². The van der Waals surface area contributed by atoms with Crippen LogP contribution in [0.25, 0.3) is 0 Å². The van der Waals surface area contributed by atoms with E-state index in [9.17, 15) is 4.79 Å². The van der Waals surface area contributed by atoms with Crippen molar-refractivity contribution in [2.45, 2.75) is 71.1 Å². The quantitative estimate of drug-likeness (QED) is 0.349. The zero-order valence-corrected chi connectivity index (χ0v) is 21.8. The molecule has 0 bridgehead atoms. The molecule has 0 aliphatic heterocycles. The van der Waals surface area contributed by atoms with Crippen molar-refractivity contribution in [3.05, 3.63) is 83.2 Å². The summed E-state index contributed by atoms with van der Waals surface area (Å²) in [5, 5.41) is 3.62. The summed E-state index contributed by atoms with van der Waals surface area (Å²) in [7, 11) is 1.68. The highest BCUT2D eigenvalue weighted by Gasteiger charge is 2.24. The van der Waals surface area contributed by atoms with Gasteiger partial charge in [-0.05, 0) is 106 Å². The van der Waals surface area contributed by atoms with Gasteiger partial charge in [-0.2, -0.15) is 0 Å². The zero-order valence-electron chi connectivity index (χ0n) is 21.8. The molecule has 3 aromatic rings. The van der Waals surface area contributed by atoms with E-state index in [1.165, 1.54) is 12.8 Å². The molecule has 0 spiro atoms. The lowest BCUT2D eigenvalue weighted by Gasteiger charge is -2.25. The second-order valence-corrected chi connectivity index (χ2v) is 10.3. The van der Waals surface area contributed by atoms with Crippen LogP contribution in [0.5, 0.6) is 11.5 Å². The summed E-state index contributed by atoms with van der Waals surface area (Å²) in [5.41, 5.74) is 3.86. The van der Waals surface area contributed by atoms with Gasteiger partial charge in [-0.25, -0.2) is 4.79 Å². The van der Waals surface area contributed by atoms with Gasteiger partial charge < -0.3 is 19.5 Å². The average Bonchev–Trinajstić information content (AvgIpc) is 3.36. The number of nitrogens with zero attached hydrogens (tertiary/aromatic N) is 1. The molecule has 6 heteroatoms. The third-order valence-electron chi connectivity index (χ3n) is 6.29. The summed E-state index contributed by atoms with van der Waals surface area (Å²) in [6.07, 6.45) is 8.35. The minimum absolute atomic E-state index is 0.213. The average molecular weight is 489 g/mol. The Morgan fingerprint density at radius 3 is 2.50 bits per heavy atom. The molecule has 190 valence electrons. The molecule has 2 aromatic carbocycles. The van der Waals surface area contributed by atoms with Gasteiger partial charge >= 0.3 is 5.97 Å². The first-order valence-electron chi connectivity index (χ1n) is 12.6. The van der Waals surface area contributed by atoms with Crippen molar-refractivity contribution < 1.29 is 19.0 Å².